The van der Waals surface area contributed by atoms with Crippen molar-refractivity contribution < 1.29 is 8.83 Å². The van der Waals surface area contributed by atoms with Gasteiger partial charge in [-0.25, -0.2) is 0 Å². The molecule has 0 spiro atoms. The first-order valence-electron chi connectivity index (χ1n) is 10.9. The third kappa shape index (κ3) is 2.81. The van der Waals surface area contributed by atoms with E-state index in [1.807, 2.05) is 42.5 Å². The second kappa shape index (κ2) is 6.99. The van der Waals surface area contributed by atoms with Gasteiger partial charge < -0.3 is 8.83 Å². The van der Waals surface area contributed by atoms with Crippen molar-refractivity contribution >= 4 is 55.5 Å². The highest BCUT2D eigenvalue weighted by Gasteiger charge is 2.18. The van der Waals surface area contributed by atoms with Gasteiger partial charge in [-0.05, 0) is 59.2 Å². The van der Waals surface area contributed by atoms with Crippen LogP contribution in [-0.4, -0.2) is 0 Å². The average molecular weight is 445 g/mol. The van der Waals surface area contributed by atoms with Gasteiger partial charge in [-0.3, -0.25) is 0 Å². The number of furan rings is 2. The van der Waals surface area contributed by atoms with Crippen molar-refractivity contribution in [2.24, 2.45) is 0 Å². The van der Waals surface area contributed by atoms with Crippen LogP contribution in [0.3, 0.4) is 0 Å². The number of para-hydroxylation sites is 2. The van der Waals surface area contributed by atoms with Crippen molar-refractivity contribution in [3.05, 3.63) is 108 Å². The highest BCUT2D eigenvalue weighted by atomic mass is 35.5. The minimum Gasteiger partial charge on any atom is -0.456 e. The summed E-state index contributed by atoms with van der Waals surface area (Å²) in [6.45, 7) is 0. The van der Waals surface area contributed by atoms with Crippen molar-refractivity contribution in [3.63, 3.8) is 0 Å². The normalized spacial score (nSPS) is 11.8. The summed E-state index contributed by atoms with van der Waals surface area (Å²) in [5.74, 6) is 0. The molecule has 0 aliphatic carbocycles. The van der Waals surface area contributed by atoms with Gasteiger partial charge in [-0.15, -0.1) is 0 Å². The molecule has 2 heterocycles. The number of hydrogen-bond donors (Lipinski definition) is 0. The highest BCUT2D eigenvalue weighted by molar-refractivity contribution is 6.30. The summed E-state index contributed by atoms with van der Waals surface area (Å²) in [6.07, 6.45) is 0. The van der Waals surface area contributed by atoms with Crippen LogP contribution in [0.15, 0.2) is 112 Å². The topological polar surface area (TPSA) is 26.3 Å². The predicted molar refractivity (Wildman–Crippen MR) is 137 cm³/mol. The van der Waals surface area contributed by atoms with Crippen molar-refractivity contribution in [2.45, 2.75) is 0 Å². The van der Waals surface area contributed by atoms with Gasteiger partial charge in [0.05, 0.1) is 0 Å². The lowest BCUT2D eigenvalue weighted by atomic mass is 9.94. The number of hydrogen-bond acceptors (Lipinski definition) is 2. The van der Waals surface area contributed by atoms with Crippen LogP contribution in [0.5, 0.6) is 0 Å². The fraction of sp³-hybridized carbons (Fsp3) is 0. The molecule has 0 N–H and O–H groups in total. The molecule has 0 atom stereocenters. The number of benzene rings is 5. The molecule has 0 bridgehead atoms. The van der Waals surface area contributed by atoms with Gasteiger partial charge in [-0.2, -0.15) is 0 Å². The van der Waals surface area contributed by atoms with Crippen LogP contribution in [0.4, 0.5) is 0 Å². The zero-order valence-corrected chi connectivity index (χ0v) is 18.3. The van der Waals surface area contributed by atoms with Gasteiger partial charge in [0, 0.05) is 32.1 Å². The van der Waals surface area contributed by atoms with Crippen LogP contribution in [-0.2, 0) is 0 Å². The van der Waals surface area contributed by atoms with E-state index in [9.17, 15) is 0 Å². The largest absolute Gasteiger partial charge is 0.456 e. The number of halogens is 1. The van der Waals surface area contributed by atoms with Gasteiger partial charge in [0.2, 0.25) is 0 Å². The van der Waals surface area contributed by atoms with E-state index in [1.165, 1.54) is 0 Å². The first-order chi connectivity index (χ1) is 16.3. The maximum absolute atomic E-state index is 6.44. The molecule has 0 saturated heterocycles. The molecular formula is C30H17ClO2. The summed E-state index contributed by atoms with van der Waals surface area (Å²) in [5.41, 5.74) is 7.86. The van der Waals surface area contributed by atoms with Crippen LogP contribution < -0.4 is 0 Å². The molecule has 0 amide bonds. The van der Waals surface area contributed by atoms with Crippen molar-refractivity contribution in [2.75, 3.05) is 0 Å². The van der Waals surface area contributed by atoms with E-state index in [0.717, 1.165) is 71.2 Å². The van der Waals surface area contributed by atoms with Crippen LogP contribution in [0, 0.1) is 0 Å². The Morgan fingerprint density at radius 2 is 1.12 bits per heavy atom. The molecule has 33 heavy (non-hydrogen) atoms. The molecule has 0 aliphatic heterocycles. The molecule has 2 aromatic heterocycles. The summed E-state index contributed by atoms with van der Waals surface area (Å²) < 4.78 is 12.6. The van der Waals surface area contributed by atoms with E-state index >= 15 is 0 Å². The zero-order chi connectivity index (χ0) is 21.9. The first-order valence-corrected chi connectivity index (χ1v) is 11.3. The molecule has 0 aliphatic rings. The molecule has 0 radical (unpaired) electrons. The highest BCUT2D eigenvalue weighted by Crippen LogP contribution is 2.42. The third-order valence-electron chi connectivity index (χ3n) is 6.37. The van der Waals surface area contributed by atoms with Gasteiger partial charge in [0.25, 0.3) is 0 Å². The molecule has 0 unspecified atom stereocenters. The lowest BCUT2D eigenvalue weighted by molar-refractivity contribution is 0.668. The predicted octanol–water partition coefficient (Wildman–Crippen LogP) is 9.47. The second-order valence-electron chi connectivity index (χ2n) is 8.28. The molecule has 2 nitrogen and oxygen atoms in total. The maximum Gasteiger partial charge on any atom is 0.143 e. The van der Waals surface area contributed by atoms with E-state index in [-0.39, 0.29) is 0 Å². The van der Waals surface area contributed by atoms with Crippen molar-refractivity contribution in [1.82, 2.24) is 0 Å². The summed E-state index contributed by atoms with van der Waals surface area (Å²) in [6, 6.07) is 35.0. The first kappa shape index (κ1) is 18.6. The molecule has 0 fully saturated rings. The van der Waals surface area contributed by atoms with Gasteiger partial charge in [0.15, 0.2) is 0 Å². The van der Waals surface area contributed by atoms with Crippen molar-refractivity contribution in [1.29, 1.82) is 0 Å². The van der Waals surface area contributed by atoms with Crippen LogP contribution >= 0.6 is 11.6 Å². The van der Waals surface area contributed by atoms with Gasteiger partial charge >= 0.3 is 0 Å². The van der Waals surface area contributed by atoms with E-state index in [4.69, 9.17) is 20.4 Å². The fourth-order valence-electron chi connectivity index (χ4n) is 4.82. The number of fused-ring (bicyclic) bond motifs is 6. The lowest BCUT2D eigenvalue weighted by Gasteiger charge is -2.09. The van der Waals surface area contributed by atoms with Crippen molar-refractivity contribution in [3.8, 4) is 22.3 Å². The van der Waals surface area contributed by atoms with Crippen LogP contribution in [0.1, 0.15) is 0 Å². The Morgan fingerprint density at radius 1 is 0.485 bits per heavy atom. The summed E-state index contributed by atoms with van der Waals surface area (Å²) in [7, 11) is 0. The Kier molecular flexibility index (Phi) is 3.93. The molecule has 7 aromatic rings. The Hall–Kier alpha value is -4.01. The summed E-state index contributed by atoms with van der Waals surface area (Å²) in [5, 5.41) is 5.18. The Morgan fingerprint density at radius 3 is 1.94 bits per heavy atom. The number of rotatable bonds is 2. The summed E-state index contributed by atoms with van der Waals surface area (Å²) >= 11 is 6.15. The molecular weight excluding hydrogens is 428 g/mol. The third-order valence-corrected chi connectivity index (χ3v) is 6.62. The Bertz CT molecular complexity index is 1820. The quantitative estimate of drug-likeness (QED) is 0.265. The summed E-state index contributed by atoms with van der Waals surface area (Å²) in [4.78, 5) is 0. The molecule has 7 rings (SSSR count). The molecule has 156 valence electrons. The maximum atomic E-state index is 6.44. The Labute approximate surface area is 194 Å². The minimum absolute atomic E-state index is 0.725. The second-order valence-corrected chi connectivity index (χ2v) is 8.72. The van der Waals surface area contributed by atoms with Crippen LogP contribution in [0.25, 0.3) is 66.1 Å². The van der Waals surface area contributed by atoms with E-state index in [0.29, 0.717) is 0 Å². The fourth-order valence-corrected chi connectivity index (χ4v) is 4.94. The van der Waals surface area contributed by atoms with Crippen LogP contribution in [0.2, 0.25) is 5.02 Å². The standard InChI is InChI=1S/C30H17ClO2/c31-20-12-9-18(10-13-20)21-15-16-22(30-29(21)25-6-2-4-8-27(25)33-30)19-11-14-24-23-5-1-3-7-26(23)32-28(24)17-19/h1-17H. The Balaban J connectivity index is 1.52. The van der Waals surface area contributed by atoms with Gasteiger partial charge in [0.1, 0.15) is 22.3 Å². The van der Waals surface area contributed by atoms with E-state index in [1.54, 1.807) is 0 Å². The van der Waals surface area contributed by atoms with Gasteiger partial charge in [-0.1, -0.05) is 72.3 Å². The van der Waals surface area contributed by atoms with E-state index in [2.05, 4.69) is 60.7 Å². The smallest absolute Gasteiger partial charge is 0.143 e. The SMILES string of the molecule is Clc1ccc(-c2ccc(-c3ccc4c(c3)oc3ccccc34)c3oc4ccccc4c23)cc1. The average Bonchev–Trinajstić information content (AvgIpc) is 3.42. The van der Waals surface area contributed by atoms with E-state index < -0.39 is 0 Å². The zero-order valence-electron chi connectivity index (χ0n) is 17.5. The molecule has 0 saturated carbocycles. The minimum atomic E-state index is 0.725. The monoisotopic (exact) mass is 444 g/mol. The molecule has 5 aromatic carbocycles. The lowest BCUT2D eigenvalue weighted by Crippen LogP contribution is -1.84. The molecule has 3 heteroatoms.